The minimum Gasteiger partial charge on any atom is -0.477 e. The summed E-state index contributed by atoms with van der Waals surface area (Å²) in [6.07, 6.45) is 3.01. The van der Waals surface area contributed by atoms with Crippen molar-refractivity contribution in [3.05, 3.63) is 11.3 Å². The normalized spacial score (nSPS) is 19.5. The largest absolute Gasteiger partial charge is 0.477 e. The number of ether oxygens (including phenoxy) is 1. The van der Waals surface area contributed by atoms with Gasteiger partial charge in [0, 0.05) is 18.9 Å². The van der Waals surface area contributed by atoms with E-state index in [0.29, 0.717) is 18.4 Å². The first kappa shape index (κ1) is 8.76. The number of aromatic carboxylic acids is 1. The molecular formula is C10H12N2O3. The monoisotopic (exact) mass is 208 g/mol. The number of hydrogen-bond acceptors (Lipinski definition) is 3. The molecule has 2 heterocycles. The fraction of sp³-hybridized carbons (Fsp3) is 0.600. The standard InChI is InChI=1S/C10H12N2O3/c13-10(14)7-8(6-2-3-6)11-12-4-1-5-15-9(7)12/h6H,1-5H2,(H,13,14). The highest BCUT2D eigenvalue weighted by atomic mass is 16.5. The molecule has 5 heteroatoms. The van der Waals surface area contributed by atoms with E-state index in [1.807, 2.05) is 0 Å². The van der Waals surface area contributed by atoms with Crippen LogP contribution in [0.5, 0.6) is 5.88 Å². The summed E-state index contributed by atoms with van der Waals surface area (Å²) in [5.41, 5.74) is 1.01. The number of carboxylic acids is 1. The molecule has 80 valence electrons. The molecule has 1 aliphatic carbocycles. The Labute approximate surface area is 86.7 Å². The zero-order valence-electron chi connectivity index (χ0n) is 8.27. The van der Waals surface area contributed by atoms with Crippen LogP contribution < -0.4 is 4.74 Å². The van der Waals surface area contributed by atoms with E-state index in [-0.39, 0.29) is 5.56 Å². The fourth-order valence-electron chi connectivity index (χ4n) is 1.99. The summed E-state index contributed by atoms with van der Waals surface area (Å²) in [5.74, 6) is -0.117. The highest BCUT2D eigenvalue weighted by Crippen LogP contribution is 2.43. The molecule has 0 aromatic carbocycles. The van der Waals surface area contributed by atoms with Gasteiger partial charge in [-0.15, -0.1) is 0 Å². The lowest BCUT2D eigenvalue weighted by Crippen LogP contribution is -2.16. The second-order valence-electron chi connectivity index (χ2n) is 4.07. The third kappa shape index (κ3) is 1.30. The summed E-state index contributed by atoms with van der Waals surface area (Å²) in [6, 6.07) is 0. The minimum atomic E-state index is -0.917. The Hall–Kier alpha value is -1.52. The number of carbonyl (C=O) groups is 1. The molecule has 0 radical (unpaired) electrons. The predicted octanol–water partition coefficient (Wildman–Crippen LogP) is 1.24. The summed E-state index contributed by atoms with van der Waals surface area (Å²) in [4.78, 5) is 11.2. The maximum atomic E-state index is 11.2. The number of carboxylic acid groups (broad SMARTS) is 1. The molecule has 5 nitrogen and oxygen atoms in total. The summed E-state index contributed by atoms with van der Waals surface area (Å²) in [5, 5.41) is 13.5. The van der Waals surface area contributed by atoms with E-state index in [4.69, 9.17) is 9.84 Å². The third-order valence-corrected chi connectivity index (χ3v) is 2.86. The molecule has 0 bridgehead atoms. The summed E-state index contributed by atoms with van der Waals surface area (Å²) in [7, 11) is 0. The van der Waals surface area contributed by atoms with Crippen molar-refractivity contribution in [1.29, 1.82) is 0 Å². The van der Waals surface area contributed by atoms with Crippen LogP contribution in [0.25, 0.3) is 0 Å². The SMILES string of the molecule is O=C(O)c1c(C2CC2)nn2c1OCCC2. The minimum absolute atomic E-state index is 0.289. The number of aryl methyl sites for hydroxylation is 1. The average molecular weight is 208 g/mol. The van der Waals surface area contributed by atoms with Crippen LogP contribution in [-0.2, 0) is 6.54 Å². The number of aromatic nitrogens is 2. The first-order valence-corrected chi connectivity index (χ1v) is 5.24. The third-order valence-electron chi connectivity index (χ3n) is 2.86. The van der Waals surface area contributed by atoms with Gasteiger partial charge < -0.3 is 9.84 Å². The van der Waals surface area contributed by atoms with Crippen molar-refractivity contribution in [2.24, 2.45) is 0 Å². The second-order valence-corrected chi connectivity index (χ2v) is 4.07. The number of rotatable bonds is 2. The van der Waals surface area contributed by atoms with Crippen molar-refractivity contribution in [3.8, 4) is 5.88 Å². The predicted molar refractivity (Wildman–Crippen MR) is 51.3 cm³/mol. The van der Waals surface area contributed by atoms with Gasteiger partial charge in [0.1, 0.15) is 5.56 Å². The Kier molecular flexibility index (Phi) is 1.74. The van der Waals surface area contributed by atoms with Crippen LogP contribution in [0.1, 0.15) is 41.2 Å². The molecule has 1 aromatic rings. The van der Waals surface area contributed by atoms with Crippen LogP contribution in [0.15, 0.2) is 0 Å². The Morgan fingerprint density at radius 2 is 2.33 bits per heavy atom. The summed E-state index contributed by atoms with van der Waals surface area (Å²) < 4.78 is 7.09. The highest BCUT2D eigenvalue weighted by molar-refractivity contribution is 5.92. The molecule has 2 aliphatic rings. The van der Waals surface area contributed by atoms with Crippen LogP contribution in [0.4, 0.5) is 0 Å². The molecule has 1 fully saturated rings. The maximum Gasteiger partial charge on any atom is 0.343 e. The van der Waals surface area contributed by atoms with Gasteiger partial charge in [-0.3, -0.25) is 0 Å². The van der Waals surface area contributed by atoms with Gasteiger partial charge in [-0.25, -0.2) is 9.48 Å². The van der Waals surface area contributed by atoms with Gasteiger partial charge in [-0.1, -0.05) is 0 Å². The number of nitrogens with zero attached hydrogens (tertiary/aromatic N) is 2. The maximum absolute atomic E-state index is 11.2. The molecule has 1 aromatic heterocycles. The molecule has 1 saturated carbocycles. The average Bonchev–Trinajstić information content (AvgIpc) is 2.98. The molecule has 0 atom stereocenters. The van der Waals surface area contributed by atoms with Crippen molar-refractivity contribution in [2.75, 3.05) is 6.61 Å². The lowest BCUT2D eigenvalue weighted by molar-refractivity contribution is 0.0688. The van der Waals surface area contributed by atoms with E-state index in [0.717, 1.165) is 31.5 Å². The van der Waals surface area contributed by atoms with Crippen molar-refractivity contribution in [2.45, 2.75) is 31.7 Å². The number of fused-ring (bicyclic) bond motifs is 1. The van der Waals surface area contributed by atoms with E-state index < -0.39 is 5.97 Å². The van der Waals surface area contributed by atoms with Crippen molar-refractivity contribution >= 4 is 5.97 Å². The molecule has 0 spiro atoms. The molecule has 3 rings (SSSR count). The zero-order chi connectivity index (χ0) is 10.4. The van der Waals surface area contributed by atoms with Crippen LogP contribution in [0.2, 0.25) is 0 Å². The van der Waals surface area contributed by atoms with E-state index in [1.54, 1.807) is 4.68 Å². The van der Waals surface area contributed by atoms with E-state index in [1.165, 1.54) is 0 Å². The molecule has 15 heavy (non-hydrogen) atoms. The van der Waals surface area contributed by atoms with Gasteiger partial charge in [0.25, 0.3) is 0 Å². The second kappa shape index (κ2) is 2.98. The van der Waals surface area contributed by atoms with Crippen molar-refractivity contribution in [1.82, 2.24) is 9.78 Å². The Balaban J connectivity index is 2.13. The van der Waals surface area contributed by atoms with Gasteiger partial charge in [-0.05, 0) is 12.8 Å². The first-order valence-electron chi connectivity index (χ1n) is 5.24. The number of hydrogen-bond donors (Lipinski definition) is 1. The summed E-state index contributed by atoms with van der Waals surface area (Å²) in [6.45, 7) is 1.36. The van der Waals surface area contributed by atoms with E-state index in [9.17, 15) is 4.79 Å². The van der Waals surface area contributed by atoms with Gasteiger partial charge in [-0.2, -0.15) is 5.10 Å². The van der Waals surface area contributed by atoms with Crippen molar-refractivity contribution < 1.29 is 14.6 Å². The molecule has 0 unspecified atom stereocenters. The molecule has 1 aliphatic heterocycles. The van der Waals surface area contributed by atoms with Gasteiger partial charge in [0.15, 0.2) is 0 Å². The quantitative estimate of drug-likeness (QED) is 0.794. The Morgan fingerprint density at radius 1 is 1.53 bits per heavy atom. The topological polar surface area (TPSA) is 64.3 Å². The van der Waals surface area contributed by atoms with Crippen LogP contribution in [0, 0.1) is 0 Å². The molecule has 0 saturated heterocycles. The highest BCUT2D eigenvalue weighted by Gasteiger charge is 2.36. The lowest BCUT2D eigenvalue weighted by Gasteiger charge is -2.14. The van der Waals surface area contributed by atoms with Gasteiger partial charge >= 0.3 is 5.97 Å². The lowest BCUT2D eigenvalue weighted by atomic mass is 10.2. The van der Waals surface area contributed by atoms with Gasteiger partial charge in [0.2, 0.25) is 5.88 Å². The fourth-order valence-corrected chi connectivity index (χ4v) is 1.99. The molecule has 0 amide bonds. The zero-order valence-corrected chi connectivity index (χ0v) is 8.27. The van der Waals surface area contributed by atoms with Crippen molar-refractivity contribution in [3.63, 3.8) is 0 Å². The van der Waals surface area contributed by atoms with E-state index in [2.05, 4.69) is 5.10 Å². The van der Waals surface area contributed by atoms with Crippen LogP contribution in [-0.4, -0.2) is 27.5 Å². The Morgan fingerprint density at radius 3 is 3.00 bits per heavy atom. The van der Waals surface area contributed by atoms with Gasteiger partial charge in [0.05, 0.1) is 12.3 Å². The summed E-state index contributed by atoms with van der Waals surface area (Å²) >= 11 is 0. The molecule has 1 N–H and O–H groups in total. The van der Waals surface area contributed by atoms with E-state index >= 15 is 0 Å². The first-order chi connectivity index (χ1) is 7.27. The smallest absolute Gasteiger partial charge is 0.343 e. The molecular weight excluding hydrogens is 196 g/mol. The Bertz CT molecular complexity index is 421. The van der Waals surface area contributed by atoms with Crippen LogP contribution >= 0.6 is 0 Å². The van der Waals surface area contributed by atoms with Crippen LogP contribution in [0.3, 0.4) is 0 Å².